The minimum atomic E-state index is 0.171. The normalized spacial score (nSPS) is 12.4. The first-order valence-electron chi connectivity index (χ1n) is 7.16. The Labute approximate surface area is 134 Å². The van der Waals surface area contributed by atoms with Gasteiger partial charge < -0.3 is 10.1 Å². The van der Waals surface area contributed by atoms with Crippen LogP contribution >= 0.6 is 15.9 Å². The number of aromatic nitrogens is 1. The molecule has 0 saturated heterocycles. The molecule has 21 heavy (non-hydrogen) atoms. The number of benzene rings is 1. The van der Waals surface area contributed by atoms with Gasteiger partial charge in [-0.25, -0.2) is 4.98 Å². The molecule has 1 aromatic carbocycles. The van der Waals surface area contributed by atoms with Gasteiger partial charge in [-0.05, 0) is 54.9 Å². The highest BCUT2D eigenvalue weighted by atomic mass is 79.9. The molecule has 2 aromatic rings. The quantitative estimate of drug-likeness (QED) is 0.781. The van der Waals surface area contributed by atoms with E-state index < -0.39 is 0 Å². The molecular weight excluding hydrogens is 328 g/mol. The molecule has 112 valence electrons. The first kappa shape index (κ1) is 16.0. The number of nitrogens with zero attached hydrogens (tertiary/aromatic N) is 1. The average Bonchev–Trinajstić information content (AvgIpc) is 2.45. The summed E-state index contributed by atoms with van der Waals surface area (Å²) in [6.45, 7) is 6.94. The fraction of sp³-hybridized carbons (Fsp3) is 0.353. The lowest BCUT2D eigenvalue weighted by Crippen LogP contribution is -2.20. The molecule has 0 spiro atoms. The van der Waals surface area contributed by atoms with Crippen molar-refractivity contribution in [1.29, 1.82) is 0 Å². The number of nitrogens with one attached hydrogen (secondary N) is 1. The predicted molar refractivity (Wildman–Crippen MR) is 89.4 cm³/mol. The van der Waals surface area contributed by atoms with E-state index in [2.05, 4.69) is 39.2 Å². The number of hydrogen-bond donors (Lipinski definition) is 1. The van der Waals surface area contributed by atoms with Gasteiger partial charge in [-0.3, -0.25) is 0 Å². The number of pyridine rings is 1. The van der Waals surface area contributed by atoms with E-state index in [1.807, 2.05) is 50.2 Å². The van der Waals surface area contributed by atoms with Crippen LogP contribution in [0.1, 0.15) is 38.1 Å². The Kier molecular flexibility index (Phi) is 5.76. The number of para-hydroxylation sites is 1. The molecule has 4 heteroatoms. The molecule has 0 amide bonds. The summed E-state index contributed by atoms with van der Waals surface area (Å²) >= 11 is 3.39. The zero-order chi connectivity index (χ0) is 15.2. The number of ether oxygens (including phenoxy) is 1. The summed E-state index contributed by atoms with van der Waals surface area (Å²) in [6.07, 6.45) is 0.171. The predicted octanol–water partition coefficient (Wildman–Crippen LogP) is 4.48. The summed E-state index contributed by atoms with van der Waals surface area (Å²) in [5.41, 5.74) is 2.18. The Morgan fingerprint density at radius 1 is 1.10 bits per heavy atom. The van der Waals surface area contributed by atoms with E-state index in [4.69, 9.17) is 4.74 Å². The van der Waals surface area contributed by atoms with Crippen molar-refractivity contribution in [3.63, 3.8) is 0 Å². The molecule has 3 nitrogen and oxygen atoms in total. The molecule has 0 aliphatic carbocycles. The van der Waals surface area contributed by atoms with Crippen molar-refractivity contribution >= 4 is 15.9 Å². The summed E-state index contributed by atoms with van der Waals surface area (Å²) in [4.78, 5) is 4.43. The lowest BCUT2D eigenvalue weighted by molar-refractivity contribution is 0.238. The average molecular weight is 349 g/mol. The van der Waals surface area contributed by atoms with E-state index in [-0.39, 0.29) is 12.1 Å². The molecule has 0 aliphatic rings. The van der Waals surface area contributed by atoms with Crippen molar-refractivity contribution < 1.29 is 4.74 Å². The highest BCUT2D eigenvalue weighted by Gasteiger charge is 2.12. The SMILES string of the molecule is CC(C)Oc1ccccc1C(C)NCc1cccc(Br)n1. The van der Waals surface area contributed by atoms with Gasteiger partial charge in [-0.2, -0.15) is 0 Å². The minimum Gasteiger partial charge on any atom is -0.491 e. The third kappa shape index (κ3) is 4.83. The van der Waals surface area contributed by atoms with Gasteiger partial charge in [0.2, 0.25) is 0 Å². The van der Waals surface area contributed by atoms with Crippen molar-refractivity contribution in [2.75, 3.05) is 0 Å². The third-order valence-corrected chi connectivity index (χ3v) is 3.55. The fourth-order valence-corrected chi connectivity index (χ4v) is 2.50. The van der Waals surface area contributed by atoms with Crippen LogP contribution in [0, 0.1) is 0 Å². The number of halogens is 1. The highest BCUT2D eigenvalue weighted by Crippen LogP contribution is 2.26. The monoisotopic (exact) mass is 348 g/mol. The van der Waals surface area contributed by atoms with Crippen LogP contribution in [-0.2, 0) is 6.54 Å². The zero-order valence-corrected chi connectivity index (χ0v) is 14.2. The largest absolute Gasteiger partial charge is 0.491 e. The van der Waals surface area contributed by atoms with Crippen LogP contribution in [0.2, 0.25) is 0 Å². The van der Waals surface area contributed by atoms with Gasteiger partial charge in [0, 0.05) is 18.2 Å². The van der Waals surface area contributed by atoms with Gasteiger partial charge in [-0.15, -0.1) is 0 Å². The number of hydrogen-bond acceptors (Lipinski definition) is 3. The molecule has 1 aromatic heterocycles. The molecule has 1 heterocycles. The van der Waals surface area contributed by atoms with Gasteiger partial charge in [0.25, 0.3) is 0 Å². The maximum Gasteiger partial charge on any atom is 0.124 e. The Hall–Kier alpha value is -1.39. The summed E-state index contributed by atoms with van der Waals surface area (Å²) in [5.74, 6) is 0.940. The fourth-order valence-electron chi connectivity index (χ4n) is 2.12. The lowest BCUT2D eigenvalue weighted by Gasteiger charge is -2.19. The second-order valence-corrected chi connectivity index (χ2v) is 6.07. The second kappa shape index (κ2) is 7.57. The maximum atomic E-state index is 5.87. The summed E-state index contributed by atoms with van der Waals surface area (Å²) in [5, 5.41) is 3.49. The summed E-state index contributed by atoms with van der Waals surface area (Å²) in [6, 6.07) is 14.3. The Morgan fingerprint density at radius 2 is 1.86 bits per heavy atom. The van der Waals surface area contributed by atoms with E-state index in [9.17, 15) is 0 Å². The standard InChI is InChI=1S/C17H21BrN2O/c1-12(2)21-16-9-5-4-8-15(16)13(3)19-11-14-7-6-10-17(18)20-14/h4-10,12-13,19H,11H2,1-3H3. The minimum absolute atomic E-state index is 0.171. The molecule has 0 saturated carbocycles. The molecule has 0 fully saturated rings. The van der Waals surface area contributed by atoms with Crippen LogP contribution in [0.4, 0.5) is 0 Å². The van der Waals surface area contributed by atoms with E-state index in [1.165, 1.54) is 5.56 Å². The molecule has 0 aliphatic heterocycles. The van der Waals surface area contributed by atoms with E-state index in [1.54, 1.807) is 0 Å². The van der Waals surface area contributed by atoms with Crippen molar-refractivity contribution in [2.24, 2.45) is 0 Å². The Morgan fingerprint density at radius 3 is 2.57 bits per heavy atom. The maximum absolute atomic E-state index is 5.87. The molecule has 1 N–H and O–H groups in total. The topological polar surface area (TPSA) is 34.1 Å². The first-order valence-corrected chi connectivity index (χ1v) is 7.96. The summed E-state index contributed by atoms with van der Waals surface area (Å²) in [7, 11) is 0. The van der Waals surface area contributed by atoms with Gasteiger partial charge in [0.15, 0.2) is 0 Å². The van der Waals surface area contributed by atoms with Gasteiger partial charge in [0.05, 0.1) is 11.8 Å². The highest BCUT2D eigenvalue weighted by molar-refractivity contribution is 9.10. The van der Waals surface area contributed by atoms with Crippen LogP contribution in [0.5, 0.6) is 5.75 Å². The van der Waals surface area contributed by atoms with Gasteiger partial charge in [-0.1, -0.05) is 24.3 Å². The Balaban J connectivity index is 2.04. The smallest absolute Gasteiger partial charge is 0.124 e. The zero-order valence-electron chi connectivity index (χ0n) is 12.6. The van der Waals surface area contributed by atoms with E-state index >= 15 is 0 Å². The Bertz CT molecular complexity index is 587. The molecule has 0 bridgehead atoms. The summed E-state index contributed by atoms with van der Waals surface area (Å²) < 4.78 is 6.73. The van der Waals surface area contributed by atoms with E-state index in [0.29, 0.717) is 0 Å². The van der Waals surface area contributed by atoms with Crippen molar-refractivity contribution in [2.45, 2.75) is 39.5 Å². The van der Waals surface area contributed by atoms with Crippen molar-refractivity contribution in [3.8, 4) is 5.75 Å². The van der Waals surface area contributed by atoms with E-state index in [0.717, 1.165) is 22.6 Å². The van der Waals surface area contributed by atoms with Crippen molar-refractivity contribution in [1.82, 2.24) is 10.3 Å². The van der Waals surface area contributed by atoms with Crippen LogP contribution in [0.15, 0.2) is 47.1 Å². The van der Waals surface area contributed by atoms with Gasteiger partial charge in [0.1, 0.15) is 10.4 Å². The molecular formula is C17H21BrN2O. The lowest BCUT2D eigenvalue weighted by atomic mass is 10.1. The third-order valence-electron chi connectivity index (χ3n) is 3.11. The first-order chi connectivity index (χ1) is 10.1. The van der Waals surface area contributed by atoms with Crippen molar-refractivity contribution in [3.05, 3.63) is 58.3 Å². The van der Waals surface area contributed by atoms with Crippen LogP contribution in [0.25, 0.3) is 0 Å². The van der Waals surface area contributed by atoms with Gasteiger partial charge >= 0.3 is 0 Å². The molecule has 2 rings (SSSR count). The molecule has 0 radical (unpaired) electrons. The van der Waals surface area contributed by atoms with Crippen LogP contribution < -0.4 is 10.1 Å². The second-order valence-electron chi connectivity index (χ2n) is 5.26. The number of rotatable bonds is 6. The molecule has 1 atom stereocenters. The van der Waals surface area contributed by atoms with Crippen LogP contribution in [0.3, 0.4) is 0 Å². The molecule has 1 unspecified atom stereocenters. The van der Waals surface area contributed by atoms with Crippen LogP contribution in [-0.4, -0.2) is 11.1 Å².